The first kappa shape index (κ1) is 15.9. The normalized spacial score (nSPS) is 19.6. The van der Waals surface area contributed by atoms with Crippen LogP contribution in [0.15, 0.2) is 24.3 Å². The summed E-state index contributed by atoms with van der Waals surface area (Å²) in [7, 11) is -3.35. The molecule has 1 saturated heterocycles. The fourth-order valence-corrected chi connectivity index (χ4v) is 4.05. The van der Waals surface area contributed by atoms with Crippen molar-refractivity contribution in [1.82, 2.24) is 9.62 Å². The predicted octanol–water partition coefficient (Wildman–Crippen LogP) is 0.186. The molecule has 1 aliphatic rings. The number of hydrogen-bond acceptors (Lipinski definition) is 4. The third kappa shape index (κ3) is 4.26. The molecule has 7 heteroatoms. The van der Waals surface area contributed by atoms with Gasteiger partial charge in [-0.2, -0.15) is 4.31 Å². The van der Waals surface area contributed by atoms with Crippen molar-refractivity contribution in [1.29, 1.82) is 0 Å². The molecule has 116 valence electrons. The SMILES string of the molecule is CC(=O)NC1CCN(S(=O)(=O)Cc2ccc(CN)cc2)C1. The molecule has 21 heavy (non-hydrogen) atoms. The van der Waals surface area contributed by atoms with Crippen LogP contribution >= 0.6 is 0 Å². The summed E-state index contributed by atoms with van der Waals surface area (Å²) in [5, 5.41) is 2.76. The Balaban J connectivity index is 2.00. The van der Waals surface area contributed by atoms with E-state index in [1.165, 1.54) is 11.2 Å². The van der Waals surface area contributed by atoms with Gasteiger partial charge in [0.25, 0.3) is 0 Å². The lowest BCUT2D eigenvalue weighted by molar-refractivity contribution is -0.119. The fourth-order valence-electron chi connectivity index (χ4n) is 2.46. The number of rotatable bonds is 5. The summed E-state index contributed by atoms with van der Waals surface area (Å²) >= 11 is 0. The van der Waals surface area contributed by atoms with Crippen LogP contribution in [0.1, 0.15) is 24.5 Å². The van der Waals surface area contributed by atoms with Crippen LogP contribution in [0.3, 0.4) is 0 Å². The third-order valence-electron chi connectivity index (χ3n) is 3.56. The second-order valence-corrected chi connectivity index (χ2v) is 7.29. The molecule has 0 bridgehead atoms. The number of hydrogen-bond donors (Lipinski definition) is 2. The summed E-state index contributed by atoms with van der Waals surface area (Å²) < 4.78 is 26.2. The summed E-state index contributed by atoms with van der Waals surface area (Å²) in [6.45, 7) is 2.69. The van der Waals surface area contributed by atoms with Crippen LogP contribution in [0.5, 0.6) is 0 Å². The van der Waals surface area contributed by atoms with Crippen molar-refractivity contribution in [2.24, 2.45) is 5.73 Å². The average molecular weight is 311 g/mol. The van der Waals surface area contributed by atoms with Gasteiger partial charge in [-0.25, -0.2) is 8.42 Å². The van der Waals surface area contributed by atoms with Gasteiger partial charge >= 0.3 is 0 Å². The Morgan fingerprint density at radius 3 is 2.52 bits per heavy atom. The minimum Gasteiger partial charge on any atom is -0.352 e. The van der Waals surface area contributed by atoms with Gasteiger partial charge in [0.15, 0.2) is 0 Å². The quantitative estimate of drug-likeness (QED) is 0.811. The number of sulfonamides is 1. The molecule has 2 rings (SSSR count). The van der Waals surface area contributed by atoms with Gasteiger partial charge in [0.1, 0.15) is 0 Å². The molecule has 0 aromatic heterocycles. The van der Waals surface area contributed by atoms with E-state index in [9.17, 15) is 13.2 Å². The van der Waals surface area contributed by atoms with Gasteiger partial charge in [0.05, 0.1) is 5.75 Å². The monoisotopic (exact) mass is 311 g/mol. The number of benzene rings is 1. The molecule has 1 aromatic rings. The van der Waals surface area contributed by atoms with Crippen molar-refractivity contribution in [2.75, 3.05) is 13.1 Å². The van der Waals surface area contributed by atoms with E-state index in [4.69, 9.17) is 5.73 Å². The molecule has 1 unspecified atom stereocenters. The molecule has 0 saturated carbocycles. The van der Waals surface area contributed by atoms with E-state index < -0.39 is 10.0 Å². The molecule has 1 aromatic carbocycles. The molecule has 1 atom stereocenters. The van der Waals surface area contributed by atoms with Crippen LogP contribution in [0, 0.1) is 0 Å². The second kappa shape index (κ2) is 6.55. The van der Waals surface area contributed by atoms with Crippen molar-refractivity contribution < 1.29 is 13.2 Å². The Morgan fingerprint density at radius 2 is 1.95 bits per heavy atom. The Labute approximate surface area is 125 Å². The van der Waals surface area contributed by atoms with Crippen molar-refractivity contribution in [3.63, 3.8) is 0 Å². The molecule has 1 fully saturated rings. The Morgan fingerprint density at radius 1 is 1.33 bits per heavy atom. The van der Waals surface area contributed by atoms with Crippen molar-refractivity contribution >= 4 is 15.9 Å². The number of nitrogens with two attached hydrogens (primary N) is 1. The maximum atomic E-state index is 12.4. The van der Waals surface area contributed by atoms with E-state index in [-0.39, 0.29) is 17.7 Å². The van der Waals surface area contributed by atoms with Gasteiger partial charge in [-0.05, 0) is 17.5 Å². The third-order valence-corrected chi connectivity index (χ3v) is 5.38. The summed E-state index contributed by atoms with van der Waals surface area (Å²) in [6.07, 6.45) is 0.658. The highest BCUT2D eigenvalue weighted by Gasteiger charge is 2.31. The van der Waals surface area contributed by atoms with Gasteiger partial charge in [-0.15, -0.1) is 0 Å². The van der Waals surface area contributed by atoms with Crippen LogP contribution < -0.4 is 11.1 Å². The van der Waals surface area contributed by atoms with E-state index in [0.717, 1.165) is 11.1 Å². The summed E-state index contributed by atoms with van der Waals surface area (Å²) in [5.41, 5.74) is 7.24. The maximum Gasteiger partial charge on any atom is 0.218 e. The fraction of sp³-hybridized carbons (Fsp3) is 0.500. The molecule has 3 N–H and O–H groups in total. The smallest absolute Gasteiger partial charge is 0.218 e. The molecular formula is C14H21N3O3S. The van der Waals surface area contributed by atoms with Gasteiger partial charge < -0.3 is 11.1 Å². The summed E-state index contributed by atoms with van der Waals surface area (Å²) in [5.74, 6) is -0.151. The highest BCUT2D eigenvalue weighted by molar-refractivity contribution is 7.88. The Hall–Kier alpha value is -1.44. The van der Waals surface area contributed by atoms with Crippen LogP contribution in [-0.2, 0) is 27.1 Å². The standard InChI is InChI=1S/C14H21N3O3S/c1-11(18)16-14-6-7-17(9-14)21(19,20)10-13-4-2-12(8-15)3-5-13/h2-5,14H,6-10,15H2,1H3,(H,16,18). The number of carbonyl (C=O) groups excluding carboxylic acids is 1. The number of nitrogens with one attached hydrogen (secondary N) is 1. The van der Waals surface area contributed by atoms with Gasteiger partial charge in [0.2, 0.25) is 15.9 Å². The van der Waals surface area contributed by atoms with Crippen LogP contribution in [0.4, 0.5) is 0 Å². The van der Waals surface area contributed by atoms with Crippen molar-refractivity contribution in [2.45, 2.75) is 31.7 Å². The van der Waals surface area contributed by atoms with Gasteiger partial charge in [-0.1, -0.05) is 24.3 Å². The first-order chi connectivity index (χ1) is 9.90. The van der Waals surface area contributed by atoms with Crippen LogP contribution in [0.25, 0.3) is 0 Å². The zero-order valence-electron chi connectivity index (χ0n) is 12.1. The first-order valence-electron chi connectivity index (χ1n) is 6.93. The van der Waals surface area contributed by atoms with E-state index in [1.54, 1.807) is 12.1 Å². The Bertz CT molecular complexity index is 598. The highest BCUT2D eigenvalue weighted by Crippen LogP contribution is 2.18. The zero-order valence-corrected chi connectivity index (χ0v) is 12.9. The highest BCUT2D eigenvalue weighted by atomic mass is 32.2. The number of nitrogens with zero attached hydrogens (tertiary/aromatic N) is 1. The number of amides is 1. The zero-order chi connectivity index (χ0) is 15.5. The van der Waals surface area contributed by atoms with Gasteiger partial charge in [0, 0.05) is 32.6 Å². The lowest BCUT2D eigenvalue weighted by Crippen LogP contribution is -2.37. The van der Waals surface area contributed by atoms with Crippen molar-refractivity contribution in [3.8, 4) is 0 Å². The molecular weight excluding hydrogens is 290 g/mol. The summed E-state index contributed by atoms with van der Waals surface area (Å²) in [4.78, 5) is 11.0. The largest absolute Gasteiger partial charge is 0.352 e. The summed E-state index contributed by atoms with van der Waals surface area (Å²) in [6, 6.07) is 7.18. The molecule has 1 amide bonds. The van der Waals surface area contributed by atoms with Gasteiger partial charge in [-0.3, -0.25) is 4.79 Å². The Kier molecular flexibility index (Phi) is 4.97. The van der Waals surface area contributed by atoms with Crippen molar-refractivity contribution in [3.05, 3.63) is 35.4 Å². The van der Waals surface area contributed by atoms with E-state index in [0.29, 0.717) is 26.1 Å². The molecule has 0 aliphatic carbocycles. The molecule has 6 nitrogen and oxygen atoms in total. The van der Waals surface area contributed by atoms with E-state index >= 15 is 0 Å². The van der Waals surface area contributed by atoms with E-state index in [2.05, 4.69) is 5.32 Å². The minimum absolute atomic E-state index is 0.0232. The van der Waals surface area contributed by atoms with E-state index in [1.807, 2.05) is 12.1 Å². The molecule has 1 heterocycles. The maximum absolute atomic E-state index is 12.4. The lowest BCUT2D eigenvalue weighted by Gasteiger charge is -2.17. The first-order valence-corrected chi connectivity index (χ1v) is 8.54. The number of carbonyl (C=O) groups is 1. The topological polar surface area (TPSA) is 92.5 Å². The second-order valence-electron chi connectivity index (χ2n) is 5.32. The van der Waals surface area contributed by atoms with Crippen LogP contribution in [-0.4, -0.2) is 37.8 Å². The molecule has 0 radical (unpaired) electrons. The predicted molar refractivity (Wildman–Crippen MR) is 80.8 cm³/mol. The lowest BCUT2D eigenvalue weighted by atomic mass is 10.1. The minimum atomic E-state index is -3.35. The van der Waals surface area contributed by atoms with Crippen LogP contribution in [0.2, 0.25) is 0 Å². The average Bonchev–Trinajstić information content (AvgIpc) is 2.88. The molecule has 1 aliphatic heterocycles. The molecule has 0 spiro atoms.